The standard InChI is InChI=1S/C21H41ClO2/c1-17(2)9-6-10-18(3)11-7-12-19(4)13-8-14-20(5)15-21(23)24-16-22/h17-20H,6-16H2,1-5H3. The third-order valence-electron chi connectivity index (χ3n) is 5.00. The number of carbonyl (C=O) groups excluding carboxylic acids is 1. The molecular weight excluding hydrogens is 320 g/mol. The van der Waals surface area contributed by atoms with Crippen molar-refractivity contribution in [3.63, 3.8) is 0 Å². The van der Waals surface area contributed by atoms with E-state index in [4.69, 9.17) is 16.3 Å². The highest BCUT2D eigenvalue weighted by Crippen LogP contribution is 2.22. The van der Waals surface area contributed by atoms with E-state index in [2.05, 4.69) is 34.6 Å². The van der Waals surface area contributed by atoms with Gasteiger partial charge in [-0.3, -0.25) is 4.79 Å². The number of rotatable bonds is 15. The highest BCUT2D eigenvalue weighted by molar-refractivity contribution is 6.17. The first-order valence-electron chi connectivity index (χ1n) is 10.1. The van der Waals surface area contributed by atoms with Crippen LogP contribution in [0.1, 0.15) is 98.8 Å². The summed E-state index contributed by atoms with van der Waals surface area (Å²) < 4.78 is 4.78. The van der Waals surface area contributed by atoms with Crippen LogP contribution in [-0.4, -0.2) is 12.0 Å². The van der Waals surface area contributed by atoms with Gasteiger partial charge in [-0.15, -0.1) is 0 Å². The fraction of sp³-hybridized carbons (Fsp3) is 0.952. The molecule has 0 rings (SSSR count). The molecule has 0 aromatic rings. The Morgan fingerprint density at radius 2 is 1.17 bits per heavy atom. The maximum Gasteiger partial charge on any atom is 0.307 e. The number of halogens is 1. The van der Waals surface area contributed by atoms with Gasteiger partial charge in [0.25, 0.3) is 0 Å². The van der Waals surface area contributed by atoms with Crippen LogP contribution in [0.25, 0.3) is 0 Å². The summed E-state index contributed by atoms with van der Waals surface area (Å²) >= 11 is 5.40. The molecule has 0 aliphatic carbocycles. The Morgan fingerprint density at radius 1 is 0.750 bits per heavy atom. The molecule has 0 saturated carbocycles. The maximum atomic E-state index is 11.4. The van der Waals surface area contributed by atoms with Gasteiger partial charge in [0.15, 0.2) is 6.07 Å². The van der Waals surface area contributed by atoms with E-state index in [1.807, 2.05) is 0 Å². The zero-order valence-electron chi connectivity index (χ0n) is 16.8. The monoisotopic (exact) mass is 360 g/mol. The van der Waals surface area contributed by atoms with E-state index in [1.54, 1.807) is 0 Å². The van der Waals surface area contributed by atoms with Crippen molar-refractivity contribution in [3.8, 4) is 0 Å². The molecule has 144 valence electrons. The molecular formula is C21H41ClO2. The summed E-state index contributed by atoms with van der Waals surface area (Å²) in [6.07, 6.45) is 12.3. The summed E-state index contributed by atoms with van der Waals surface area (Å²) in [5.41, 5.74) is 0. The van der Waals surface area contributed by atoms with E-state index in [0.717, 1.165) is 24.2 Å². The van der Waals surface area contributed by atoms with Gasteiger partial charge in [-0.2, -0.15) is 0 Å². The van der Waals surface area contributed by atoms with Crippen molar-refractivity contribution in [1.29, 1.82) is 0 Å². The lowest BCUT2D eigenvalue weighted by molar-refractivity contribution is -0.142. The van der Waals surface area contributed by atoms with Gasteiger partial charge >= 0.3 is 5.97 Å². The van der Waals surface area contributed by atoms with Gasteiger partial charge < -0.3 is 4.74 Å². The zero-order chi connectivity index (χ0) is 18.4. The van der Waals surface area contributed by atoms with Gasteiger partial charge in [0.2, 0.25) is 0 Å². The van der Waals surface area contributed by atoms with Crippen molar-refractivity contribution >= 4 is 17.6 Å². The lowest BCUT2D eigenvalue weighted by Gasteiger charge is -2.16. The minimum atomic E-state index is -0.169. The summed E-state index contributed by atoms with van der Waals surface area (Å²) in [7, 11) is 0. The average molecular weight is 361 g/mol. The predicted molar refractivity (Wildman–Crippen MR) is 105 cm³/mol. The number of hydrogen-bond donors (Lipinski definition) is 0. The number of esters is 1. The smallest absolute Gasteiger partial charge is 0.307 e. The van der Waals surface area contributed by atoms with Gasteiger partial charge in [-0.1, -0.05) is 104 Å². The van der Waals surface area contributed by atoms with Crippen molar-refractivity contribution < 1.29 is 9.53 Å². The molecule has 0 aromatic heterocycles. The van der Waals surface area contributed by atoms with E-state index in [-0.39, 0.29) is 12.0 Å². The van der Waals surface area contributed by atoms with Gasteiger partial charge in [-0.25, -0.2) is 0 Å². The molecule has 0 aliphatic rings. The van der Waals surface area contributed by atoms with E-state index >= 15 is 0 Å². The van der Waals surface area contributed by atoms with Crippen molar-refractivity contribution in [3.05, 3.63) is 0 Å². The van der Waals surface area contributed by atoms with E-state index in [0.29, 0.717) is 12.3 Å². The number of hydrogen-bond acceptors (Lipinski definition) is 2. The molecule has 0 amide bonds. The van der Waals surface area contributed by atoms with Crippen LogP contribution in [0, 0.1) is 23.7 Å². The Labute approximate surface area is 156 Å². The molecule has 0 fully saturated rings. The first-order valence-corrected chi connectivity index (χ1v) is 10.6. The van der Waals surface area contributed by atoms with Crippen LogP contribution in [0.15, 0.2) is 0 Å². The third kappa shape index (κ3) is 15.3. The molecule has 0 heterocycles. The molecule has 0 N–H and O–H groups in total. The first-order chi connectivity index (χ1) is 11.3. The number of ether oxygens (including phenoxy) is 1. The van der Waals surface area contributed by atoms with Gasteiger partial charge in [0, 0.05) is 6.42 Å². The lowest BCUT2D eigenvalue weighted by Crippen LogP contribution is -2.09. The Kier molecular flexibility index (Phi) is 14.9. The Morgan fingerprint density at radius 3 is 1.58 bits per heavy atom. The summed E-state index contributed by atoms with van der Waals surface area (Å²) in [6.45, 7) is 11.5. The maximum absolute atomic E-state index is 11.4. The first kappa shape index (κ1) is 23.8. The summed E-state index contributed by atoms with van der Waals surface area (Å²) in [6, 6.07) is -0.0293. The van der Waals surface area contributed by atoms with Gasteiger partial charge in [-0.05, 0) is 23.7 Å². The number of alkyl halides is 1. The van der Waals surface area contributed by atoms with Crippen LogP contribution in [0.4, 0.5) is 0 Å². The molecule has 0 aliphatic heterocycles. The van der Waals surface area contributed by atoms with Crippen molar-refractivity contribution in [2.75, 3.05) is 6.07 Å². The second-order valence-electron chi connectivity index (χ2n) is 8.33. The van der Waals surface area contributed by atoms with Crippen LogP contribution >= 0.6 is 11.6 Å². The zero-order valence-corrected chi connectivity index (χ0v) is 17.5. The predicted octanol–water partition coefficient (Wildman–Crippen LogP) is 7.19. The highest BCUT2D eigenvalue weighted by atomic mass is 35.5. The summed E-state index contributed by atoms with van der Waals surface area (Å²) in [5.74, 6) is 2.75. The fourth-order valence-corrected chi connectivity index (χ4v) is 3.42. The molecule has 0 saturated heterocycles. The normalized spacial score (nSPS) is 15.3. The van der Waals surface area contributed by atoms with Crippen LogP contribution in [-0.2, 0) is 9.53 Å². The second-order valence-corrected chi connectivity index (χ2v) is 8.55. The quantitative estimate of drug-likeness (QED) is 0.228. The molecule has 2 nitrogen and oxygen atoms in total. The molecule has 0 spiro atoms. The van der Waals surface area contributed by atoms with E-state index in [9.17, 15) is 4.79 Å². The largest absolute Gasteiger partial charge is 0.449 e. The summed E-state index contributed by atoms with van der Waals surface area (Å²) in [5, 5.41) is 0. The van der Waals surface area contributed by atoms with Crippen LogP contribution in [0.2, 0.25) is 0 Å². The topological polar surface area (TPSA) is 26.3 Å². The van der Waals surface area contributed by atoms with E-state index in [1.165, 1.54) is 51.4 Å². The van der Waals surface area contributed by atoms with Crippen molar-refractivity contribution in [2.24, 2.45) is 23.7 Å². The highest BCUT2D eigenvalue weighted by Gasteiger charge is 2.11. The van der Waals surface area contributed by atoms with Crippen LogP contribution < -0.4 is 0 Å². The Bertz CT molecular complexity index is 304. The minimum absolute atomic E-state index is 0.0293. The fourth-order valence-electron chi connectivity index (χ4n) is 3.30. The van der Waals surface area contributed by atoms with Crippen LogP contribution in [0.5, 0.6) is 0 Å². The average Bonchev–Trinajstić information content (AvgIpc) is 2.46. The molecule has 0 aromatic carbocycles. The van der Waals surface area contributed by atoms with Gasteiger partial charge in [0.1, 0.15) is 0 Å². The van der Waals surface area contributed by atoms with Crippen LogP contribution in [0.3, 0.4) is 0 Å². The third-order valence-corrected chi connectivity index (χ3v) is 5.11. The van der Waals surface area contributed by atoms with Crippen molar-refractivity contribution in [1.82, 2.24) is 0 Å². The molecule has 24 heavy (non-hydrogen) atoms. The second kappa shape index (κ2) is 15.0. The van der Waals surface area contributed by atoms with Crippen molar-refractivity contribution in [2.45, 2.75) is 98.8 Å². The number of carbonyl (C=O) groups is 1. The molecule has 3 atom stereocenters. The Balaban J connectivity index is 3.58. The molecule has 0 radical (unpaired) electrons. The summed E-state index contributed by atoms with van der Waals surface area (Å²) in [4.78, 5) is 11.4. The SMILES string of the molecule is CC(C)CCCC(C)CCCC(C)CCCC(C)CC(=O)OCCl. The lowest BCUT2D eigenvalue weighted by atomic mass is 9.91. The molecule has 3 unspecified atom stereocenters. The Hall–Kier alpha value is -0.240. The minimum Gasteiger partial charge on any atom is -0.449 e. The molecule has 0 bridgehead atoms. The van der Waals surface area contributed by atoms with Gasteiger partial charge in [0.05, 0.1) is 0 Å². The molecule has 3 heteroatoms. The van der Waals surface area contributed by atoms with E-state index < -0.39 is 0 Å².